The van der Waals surface area contributed by atoms with Gasteiger partial charge in [0.25, 0.3) is 0 Å². The fourth-order valence-corrected chi connectivity index (χ4v) is 2.73. The molecule has 0 radical (unpaired) electrons. The van der Waals surface area contributed by atoms with Gasteiger partial charge >= 0.3 is 0 Å². The van der Waals surface area contributed by atoms with Crippen LogP contribution < -0.4 is 5.32 Å². The molecular formula is C22H32N2O2. The molecule has 142 valence electrons. The van der Waals surface area contributed by atoms with E-state index < -0.39 is 0 Å². The number of carbonyl (C=O) groups excluding carboxylic acids is 1. The van der Waals surface area contributed by atoms with E-state index in [-0.39, 0.29) is 18.6 Å². The third-order valence-corrected chi connectivity index (χ3v) is 4.23. The van der Waals surface area contributed by atoms with E-state index in [1.54, 1.807) is 11.9 Å². The normalized spacial score (nSPS) is 15.0. The van der Waals surface area contributed by atoms with Gasteiger partial charge in [0.2, 0.25) is 5.91 Å². The highest BCUT2D eigenvalue weighted by Gasteiger charge is 2.30. The van der Waals surface area contributed by atoms with Gasteiger partial charge in [-0.2, -0.15) is 0 Å². The molecule has 0 spiro atoms. The molecule has 1 heterocycles. The van der Waals surface area contributed by atoms with Crippen LogP contribution in [0, 0.1) is 6.92 Å². The summed E-state index contributed by atoms with van der Waals surface area (Å²) in [5, 5.41) is 11.5. The molecule has 1 aliphatic heterocycles. The van der Waals surface area contributed by atoms with Crippen molar-refractivity contribution < 1.29 is 9.90 Å². The minimum atomic E-state index is 0.0795. The minimum absolute atomic E-state index is 0.0795. The number of likely N-dealkylation sites (tertiary alicyclic amines) is 1. The molecular weight excluding hydrogens is 324 g/mol. The van der Waals surface area contributed by atoms with E-state index >= 15 is 0 Å². The molecule has 1 unspecified atom stereocenters. The summed E-state index contributed by atoms with van der Waals surface area (Å²) in [6.07, 6.45) is 0.936. The Labute approximate surface area is 157 Å². The summed E-state index contributed by atoms with van der Waals surface area (Å²) < 4.78 is 0. The van der Waals surface area contributed by atoms with Crippen LogP contribution in [0.1, 0.15) is 25.8 Å². The Morgan fingerprint density at radius 1 is 1.12 bits per heavy atom. The molecule has 1 fully saturated rings. The molecule has 1 amide bonds. The maximum Gasteiger partial charge on any atom is 0.236 e. The maximum absolute atomic E-state index is 11.1. The Kier molecular flexibility index (Phi) is 10.3. The summed E-state index contributed by atoms with van der Waals surface area (Å²) in [5.74, 6) is 0.0813. The van der Waals surface area contributed by atoms with E-state index in [0.29, 0.717) is 6.54 Å². The highest BCUT2D eigenvalue weighted by Crippen LogP contribution is 2.22. The number of aryl methyl sites for hydroxylation is 1. The van der Waals surface area contributed by atoms with E-state index in [1.165, 1.54) is 16.7 Å². The SMILES string of the molecule is CC.CNCC(=O)N1CCC1CO.Cc1ccccc1-c1ccccc1. The Bertz CT molecular complexity index is 642. The molecule has 0 saturated carbocycles. The molecule has 0 aromatic heterocycles. The monoisotopic (exact) mass is 356 g/mol. The highest BCUT2D eigenvalue weighted by molar-refractivity contribution is 5.79. The summed E-state index contributed by atoms with van der Waals surface area (Å²) in [6, 6.07) is 19.0. The number of nitrogens with zero attached hydrogens (tertiary/aromatic N) is 1. The van der Waals surface area contributed by atoms with Crippen LogP contribution >= 0.6 is 0 Å². The topological polar surface area (TPSA) is 52.6 Å². The summed E-state index contributed by atoms with van der Waals surface area (Å²) in [6.45, 7) is 7.40. The van der Waals surface area contributed by atoms with Gasteiger partial charge in [0, 0.05) is 6.54 Å². The lowest BCUT2D eigenvalue weighted by Gasteiger charge is -2.39. The average molecular weight is 357 g/mol. The van der Waals surface area contributed by atoms with E-state index in [0.717, 1.165) is 13.0 Å². The molecule has 1 atom stereocenters. The van der Waals surface area contributed by atoms with Crippen molar-refractivity contribution in [2.75, 3.05) is 26.7 Å². The summed E-state index contributed by atoms with van der Waals surface area (Å²) in [5.41, 5.74) is 3.94. The molecule has 1 saturated heterocycles. The van der Waals surface area contributed by atoms with Crippen LogP contribution in [-0.4, -0.2) is 48.7 Å². The van der Waals surface area contributed by atoms with Gasteiger partial charge in [-0.3, -0.25) is 4.79 Å². The average Bonchev–Trinajstić information content (AvgIpc) is 2.65. The van der Waals surface area contributed by atoms with Gasteiger partial charge in [-0.05, 0) is 37.1 Å². The van der Waals surface area contributed by atoms with Crippen molar-refractivity contribution in [3.05, 3.63) is 60.2 Å². The predicted molar refractivity (Wildman–Crippen MR) is 109 cm³/mol. The molecule has 0 bridgehead atoms. The van der Waals surface area contributed by atoms with Crippen molar-refractivity contribution in [2.45, 2.75) is 33.2 Å². The standard InChI is InChI=1S/C13H12.C7H14N2O2.C2H6/c1-11-7-5-6-10-13(11)12-8-3-2-4-9-12;1-8-4-7(11)9-3-2-6(9)5-10;1-2/h2-10H,1H3;6,8,10H,2-5H2,1H3;1-2H3. The lowest BCUT2D eigenvalue weighted by Crippen LogP contribution is -2.54. The molecule has 2 N–H and O–H groups in total. The fourth-order valence-electron chi connectivity index (χ4n) is 2.73. The molecule has 0 aliphatic carbocycles. The van der Waals surface area contributed by atoms with E-state index in [2.05, 4.69) is 60.8 Å². The Morgan fingerprint density at radius 2 is 1.73 bits per heavy atom. The number of nitrogens with one attached hydrogen (secondary N) is 1. The number of amides is 1. The molecule has 2 aromatic rings. The zero-order valence-corrected chi connectivity index (χ0v) is 16.4. The van der Waals surface area contributed by atoms with Crippen molar-refractivity contribution in [2.24, 2.45) is 0 Å². The van der Waals surface area contributed by atoms with Crippen molar-refractivity contribution in [3.8, 4) is 11.1 Å². The van der Waals surface area contributed by atoms with Crippen molar-refractivity contribution >= 4 is 5.91 Å². The molecule has 2 aromatic carbocycles. The summed E-state index contributed by atoms with van der Waals surface area (Å²) in [7, 11) is 1.74. The van der Waals surface area contributed by atoms with Gasteiger partial charge in [0.05, 0.1) is 19.2 Å². The second-order valence-corrected chi connectivity index (χ2v) is 5.92. The molecule has 4 heteroatoms. The first-order chi connectivity index (χ1) is 12.7. The first-order valence-corrected chi connectivity index (χ1v) is 9.33. The van der Waals surface area contributed by atoms with Crippen LogP contribution in [0.2, 0.25) is 0 Å². The number of likely N-dealkylation sites (N-methyl/N-ethyl adjacent to an activating group) is 1. The zero-order chi connectivity index (χ0) is 19.4. The number of carbonyl (C=O) groups is 1. The molecule has 3 rings (SSSR count). The number of aliphatic hydroxyl groups is 1. The van der Waals surface area contributed by atoms with E-state index in [1.807, 2.05) is 19.9 Å². The van der Waals surface area contributed by atoms with Crippen LogP contribution in [-0.2, 0) is 4.79 Å². The highest BCUT2D eigenvalue weighted by atomic mass is 16.3. The Hall–Kier alpha value is -2.17. The number of hydrogen-bond acceptors (Lipinski definition) is 3. The van der Waals surface area contributed by atoms with Gasteiger partial charge in [-0.1, -0.05) is 68.4 Å². The summed E-state index contributed by atoms with van der Waals surface area (Å²) in [4.78, 5) is 12.9. The van der Waals surface area contributed by atoms with Crippen LogP contribution in [0.3, 0.4) is 0 Å². The van der Waals surface area contributed by atoms with Gasteiger partial charge < -0.3 is 15.3 Å². The lowest BCUT2D eigenvalue weighted by molar-refractivity contribution is -0.139. The smallest absolute Gasteiger partial charge is 0.236 e. The number of benzene rings is 2. The van der Waals surface area contributed by atoms with Crippen LogP contribution in [0.4, 0.5) is 0 Å². The van der Waals surface area contributed by atoms with Crippen LogP contribution in [0.15, 0.2) is 54.6 Å². The second-order valence-electron chi connectivity index (χ2n) is 5.92. The third kappa shape index (κ3) is 6.28. The van der Waals surface area contributed by atoms with Crippen molar-refractivity contribution in [3.63, 3.8) is 0 Å². The van der Waals surface area contributed by atoms with Crippen LogP contribution in [0.25, 0.3) is 11.1 Å². The zero-order valence-electron chi connectivity index (χ0n) is 16.4. The molecule has 4 nitrogen and oxygen atoms in total. The minimum Gasteiger partial charge on any atom is -0.394 e. The lowest BCUT2D eigenvalue weighted by atomic mass is 10.0. The Morgan fingerprint density at radius 3 is 2.23 bits per heavy atom. The molecule has 26 heavy (non-hydrogen) atoms. The van der Waals surface area contributed by atoms with Gasteiger partial charge in [0.15, 0.2) is 0 Å². The summed E-state index contributed by atoms with van der Waals surface area (Å²) >= 11 is 0. The quantitative estimate of drug-likeness (QED) is 0.882. The number of aliphatic hydroxyl groups excluding tert-OH is 1. The van der Waals surface area contributed by atoms with Crippen molar-refractivity contribution in [1.29, 1.82) is 0 Å². The third-order valence-electron chi connectivity index (χ3n) is 4.23. The fraction of sp³-hybridized carbons (Fsp3) is 0.409. The van der Waals surface area contributed by atoms with Gasteiger partial charge in [0.1, 0.15) is 0 Å². The predicted octanol–water partition coefficient (Wildman–Crippen LogP) is 3.49. The first kappa shape index (κ1) is 21.9. The van der Waals surface area contributed by atoms with Gasteiger partial charge in [-0.25, -0.2) is 0 Å². The Balaban J connectivity index is 0.000000241. The first-order valence-electron chi connectivity index (χ1n) is 9.33. The number of hydrogen-bond donors (Lipinski definition) is 2. The van der Waals surface area contributed by atoms with Crippen molar-refractivity contribution in [1.82, 2.24) is 10.2 Å². The number of rotatable bonds is 4. The van der Waals surface area contributed by atoms with E-state index in [4.69, 9.17) is 5.11 Å². The second kappa shape index (κ2) is 12.2. The largest absolute Gasteiger partial charge is 0.394 e. The molecule has 1 aliphatic rings. The van der Waals surface area contributed by atoms with Crippen LogP contribution in [0.5, 0.6) is 0 Å². The van der Waals surface area contributed by atoms with Gasteiger partial charge in [-0.15, -0.1) is 0 Å². The van der Waals surface area contributed by atoms with E-state index in [9.17, 15) is 4.79 Å². The maximum atomic E-state index is 11.1.